The number of ether oxygens (including phenoxy) is 2. The van der Waals surface area contributed by atoms with Crippen LogP contribution in [0.3, 0.4) is 0 Å². The van der Waals surface area contributed by atoms with Gasteiger partial charge in [-0.1, -0.05) is 12.1 Å². The summed E-state index contributed by atoms with van der Waals surface area (Å²) in [5.41, 5.74) is 3.30. The molecule has 2 fully saturated rings. The largest absolute Gasteiger partial charge is 0.470 e. The summed E-state index contributed by atoms with van der Waals surface area (Å²) in [6.45, 7) is 5.81. The first kappa shape index (κ1) is 22.5. The van der Waals surface area contributed by atoms with E-state index in [1.54, 1.807) is 0 Å². The zero-order valence-corrected chi connectivity index (χ0v) is 19.1. The molecule has 9 heteroatoms. The van der Waals surface area contributed by atoms with Gasteiger partial charge >= 0.3 is 0 Å². The predicted molar refractivity (Wildman–Crippen MR) is 127 cm³/mol. The van der Waals surface area contributed by atoms with E-state index in [0.717, 1.165) is 73.3 Å². The Bertz CT molecular complexity index is 1050. The third-order valence-electron chi connectivity index (χ3n) is 5.79. The molecule has 0 unspecified atom stereocenters. The van der Waals surface area contributed by atoms with E-state index in [4.69, 9.17) is 19.4 Å². The molecule has 5 rings (SSSR count). The van der Waals surface area contributed by atoms with Crippen LogP contribution >= 0.6 is 12.4 Å². The first-order valence-electron chi connectivity index (χ1n) is 11.1. The monoisotopic (exact) mass is 456 g/mol. The highest BCUT2D eigenvalue weighted by Gasteiger charge is 2.19. The number of hydrogen-bond donors (Lipinski definition) is 1. The summed E-state index contributed by atoms with van der Waals surface area (Å²) in [5.74, 6) is 2.16. The number of hydrogen-bond acceptors (Lipinski definition) is 8. The summed E-state index contributed by atoms with van der Waals surface area (Å²) in [5, 5.41) is 3.58. The second-order valence-corrected chi connectivity index (χ2v) is 8.16. The van der Waals surface area contributed by atoms with Crippen LogP contribution in [0.1, 0.15) is 37.1 Å². The lowest BCUT2D eigenvalue weighted by atomic mass is 10.1. The molecule has 0 saturated carbocycles. The van der Waals surface area contributed by atoms with E-state index < -0.39 is 0 Å². The maximum Gasteiger partial charge on any atom is 0.236 e. The maximum absolute atomic E-state index is 6.06. The Kier molecular flexibility index (Phi) is 7.22. The molecule has 1 aromatic carbocycles. The Hall–Kier alpha value is -2.71. The Morgan fingerprint density at radius 3 is 2.50 bits per heavy atom. The molecule has 2 aliphatic rings. The van der Waals surface area contributed by atoms with Crippen molar-refractivity contribution in [2.75, 3.05) is 36.5 Å². The molecule has 2 saturated heterocycles. The summed E-state index contributed by atoms with van der Waals surface area (Å²) in [6.07, 6.45) is 4.33. The Labute approximate surface area is 194 Å². The van der Waals surface area contributed by atoms with Gasteiger partial charge in [-0.15, -0.1) is 12.4 Å². The van der Waals surface area contributed by atoms with E-state index in [9.17, 15) is 0 Å². The SMILES string of the molecule is Cc1nc2ccccc2nc1OCc1cc(NC2CCOCC2)nc(N2CCCC2)n1.Cl. The molecule has 8 nitrogen and oxygen atoms in total. The van der Waals surface area contributed by atoms with Crippen LogP contribution in [0.25, 0.3) is 11.0 Å². The van der Waals surface area contributed by atoms with Gasteiger partial charge in [0, 0.05) is 38.4 Å². The number of benzene rings is 1. The molecule has 0 radical (unpaired) electrons. The Balaban J connectivity index is 0.00000245. The van der Waals surface area contributed by atoms with Gasteiger partial charge in [-0.2, -0.15) is 4.98 Å². The molecule has 32 heavy (non-hydrogen) atoms. The van der Waals surface area contributed by atoms with Crippen molar-refractivity contribution >= 4 is 35.2 Å². The molecular formula is C23H29ClN6O2. The number of nitrogens with one attached hydrogen (secondary N) is 1. The fourth-order valence-corrected chi connectivity index (χ4v) is 4.09. The van der Waals surface area contributed by atoms with Crippen LogP contribution in [0.5, 0.6) is 5.88 Å². The van der Waals surface area contributed by atoms with Crippen molar-refractivity contribution < 1.29 is 9.47 Å². The molecule has 3 aromatic rings. The van der Waals surface area contributed by atoms with E-state index >= 15 is 0 Å². The lowest BCUT2D eigenvalue weighted by Crippen LogP contribution is -2.29. The summed E-state index contributed by atoms with van der Waals surface area (Å²) in [6, 6.07) is 10.2. The average molecular weight is 457 g/mol. The maximum atomic E-state index is 6.06. The van der Waals surface area contributed by atoms with E-state index in [0.29, 0.717) is 18.5 Å². The van der Waals surface area contributed by atoms with Crippen LogP contribution in [-0.2, 0) is 11.3 Å². The van der Waals surface area contributed by atoms with E-state index in [2.05, 4.69) is 20.2 Å². The van der Waals surface area contributed by atoms with Gasteiger partial charge in [0.25, 0.3) is 0 Å². The van der Waals surface area contributed by atoms with Gasteiger partial charge < -0.3 is 19.7 Å². The minimum absolute atomic E-state index is 0. The highest BCUT2D eigenvalue weighted by atomic mass is 35.5. The lowest BCUT2D eigenvalue weighted by molar-refractivity contribution is 0.0904. The molecule has 170 valence electrons. The Morgan fingerprint density at radius 1 is 1.03 bits per heavy atom. The number of anilines is 2. The molecule has 4 heterocycles. The summed E-state index contributed by atoms with van der Waals surface area (Å²) in [4.78, 5) is 21.1. The van der Waals surface area contributed by atoms with Gasteiger partial charge in [0.15, 0.2) is 0 Å². The molecular weight excluding hydrogens is 428 g/mol. The third kappa shape index (κ3) is 5.19. The molecule has 0 amide bonds. The molecule has 0 spiro atoms. The molecule has 1 N–H and O–H groups in total. The summed E-state index contributed by atoms with van der Waals surface area (Å²) >= 11 is 0. The standard InChI is InChI=1S/C23H28N6O2.ClH/c1-16-22(27-20-7-3-2-6-19(20)24-16)31-15-18-14-21(25-17-8-12-30-13-9-17)28-23(26-18)29-10-4-5-11-29;/h2-3,6-7,14,17H,4-5,8-13,15H2,1H3,(H,25,26,28);1H. The third-order valence-corrected chi connectivity index (χ3v) is 5.79. The second kappa shape index (κ2) is 10.3. The van der Waals surface area contributed by atoms with Crippen molar-refractivity contribution in [3.05, 3.63) is 41.7 Å². The van der Waals surface area contributed by atoms with Crippen molar-refractivity contribution in [2.45, 2.75) is 45.3 Å². The van der Waals surface area contributed by atoms with Crippen molar-refractivity contribution in [1.82, 2.24) is 19.9 Å². The average Bonchev–Trinajstić information content (AvgIpc) is 3.33. The van der Waals surface area contributed by atoms with Gasteiger partial charge in [0.1, 0.15) is 18.1 Å². The number of aromatic nitrogens is 4. The van der Waals surface area contributed by atoms with Crippen LogP contribution in [-0.4, -0.2) is 52.3 Å². The van der Waals surface area contributed by atoms with Crippen LogP contribution in [0.15, 0.2) is 30.3 Å². The second-order valence-electron chi connectivity index (χ2n) is 8.16. The number of aryl methyl sites for hydroxylation is 1. The number of fused-ring (bicyclic) bond motifs is 1. The quantitative estimate of drug-likeness (QED) is 0.597. The van der Waals surface area contributed by atoms with Crippen LogP contribution in [0.2, 0.25) is 0 Å². The zero-order valence-electron chi connectivity index (χ0n) is 18.3. The van der Waals surface area contributed by atoms with Crippen LogP contribution in [0, 0.1) is 6.92 Å². The minimum atomic E-state index is 0. The van der Waals surface area contributed by atoms with E-state index in [-0.39, 0.29) is 12.4 Å². The number of rotatable bonds is 6. The van der Waals surface area contributed by atoms with Crippen molar-refractivity contribution in [1.29, 1.82) is 0 Å². The van der Waals surface area contributed by atoms with Gasteiger partial charge in [-0.25, -0.2) is 15.0 Å². The minimum Gasteiger partial charge on any atom is -0.470 e. The molecule has 0 atom stereocenters. The first-order valence-corrected chi connectivity index (χ1v) is 11.1. The van der Waals surface area contributed by atoms with Gasteiger partial charge in [0.2, 0.25) is 11.8 Å². The lowest BCUT2D eigenvalue weighted by Gasteiger charge is -2.24. The smallest absolute Gasteiger partial charge is 0.236 e. The van der Waals surface area contributed by atoms with E-state index in [1.165, 1.54) is 12.8 Å². The van der Waals surface area contributed by atoms with Crippen molar-refractivity contribution in [3.63, 3.8) is 0 Å². The van der Waals surface area contributed by atoms with Gasteiger partial charge in [-0.05, 0) is 44.7 Å². The topological polar surface area (TPSA) is 85.3 Å². The van der Waals surface area contributed by atoms with Crippen LogP contribution in [0.4, 0.5) is 11.8 Å². The summed E-state index contributed by atoms with van der Waals surface area (Å²) < 4.78 is 11.5. The Morgan fingerprint density at radius 2 is 1.75 bits per heavy atom. The highest BCUT2D eigenvalue weighted by Crippen LogP contribution is 2.23. The number of para-hydroxylation sites is 2. The fourth-order valence-electron chi connectivity index (χ4n) is 4.09. The molecule has 0 bridgehead atoms. The van der Waals surface area contributed by atoms with Crippen LogP contribution < -0.4 is 15.0 Å². The zero-order chi connectivity index (χ0) is 21.0. The van der Waals surface area contributed by atoms with Crippen molar-refractivity contribution in [3.8, 4) is 5.88 Å². The predicted octanol–water partition coefficient (Wildman–Crippen LogP) is 3.92. The molecule has 0 aliphatic carbocycles. The van der Waals surface area contributed by atoms with Gasteiger partial charge in [0.05, 0.1) is 16.7 Å². The fraction of sp³-hybridized carbons (Fsp3) is 0.478. The molecule has 2 aromatic heterocycles. The molecule has 2 aliphatic heterocycles. The van der Waals surface area contributed by atoms with Crippen molar-refractivity contribution in [2.24, 2.45) is 0 Å². The normalized spacial score (nSPS) is 16.7. The number of halogens is 1. The summed E-state index contributed by atoms with van der Waals surface area (Å²) in [7, 11) is 0. The van der Waals surface area contributed by atoms with Gasteiger partial charge in [-0.3, -0.25) is 0 Å². The highest BCUT2D eigenvalue weighted by molar-refractivity contribution is 5.85. The van der Waals surface area contributed by atoms with E-state index in [1.807, 2.05) is 37.3 Å². The number of nitrogens with zero attached hydrogens (tertiary/aromatic N) is 5. The first-order chi connectivity index (χ1) is 15.2.